The van der Waals surface area contributed by atoms with Gasteiger partial charge >= 0.3 is 0 Å². The number of nitrogens with zero attached hydrogens (tertiary/aromatic N) is 1. The SMILES string of the molecule is COc1ccc(-c2ncoc2-c2cc(Br)c(OCc3ccccc3)c(OC)c2)cc1F. The Morgan fingerprint density at radius 1 is 0.935 bits per heavy atom. The zero-order valence-corrected chi connectivity index (χ0v) is 18.5. The summed E-state index contributed by atoms with van der Waals surface area (Å²) in [6.45, 7) is 0.397. The van der Waals surface area contributed by atoms with E-state index in [-0.39, 0.29) is 5.75 Å². The molecule has 158 valence electrons. The molecule has 0 saturated heterocycles. The Morgan fingerprint density at radius 3 is 2.42 bits per heavy atom. The molecule has 0 aliphatic carbocycles. The predicted molar refractivity (Wildman–Crippen MR) is 119 cm³/mol. The molecule has 0 aliphatic rings. The van der Waals surface area contributed by atoms with Crippen LogP contribution in [-0.4, -0.2) is 19.2 Å². The molecular weight excluding hydrogens is 465 g/mol. The van der Waals surface area contributed by atoms with E-state index in [9.17, 15) is 4.39 Å². The van der Waals surface area contributed by atoms with Gasteiger partial charge in [-0.05, 0) is 51.8 Å². The highest BCUT2D eigenvalue weighted by atomic mass is 79.9. The fourth-order valence-corrected chi connectivity index (χ4v) is 3.75. The van der Waals surface area contributed by atoms with Crippen LogP contribution in [0.25, 0.3) is 22.6 Å². The highest BCUT2D eigenvalue weighted by Gasteiger charge is 2.19. The van der Waals surface area contributed by atoms with Gasteiger partial charge in [0.2, 0.25) is 0 Å². The minimum Gasteiger partial charge on any atom is -0.494 e. The predicted octanol–water partition coefficient (Wildman–Crippen LogP) is 6.51. The second-order valence-electron chi connectivity index (χ2n) is 6.64. The minimum absolute atomic E-state index is 0.165. The van der Waals surface area contributed by atoms with Gasteiger partial charge in [0.25, 0.3) is 0 Å². The molecule has 0 unspecified atom stereocenters. The largest absolute Gasteiger partial charge is 0.494 e. The van der Waals surface area contributed by atoms with Crippen LogP contribution in [0.2, 0.25) is 0 Å². The Bertz CT molecular complexity index is 1190. The molecular formula is C24H19BrFNO4. The Morgan fingerprint density at radius 2 is 1.71 bits per heavy atom. The van der Waals surface area contributed by atoms with Crippen molar-refractivity contribution in [3.8, 4) is 39.8 Å². The Hall–Kier alpha value is -3.32. The second kappa shape index (κ2) is 9.22. The first kappa shape index (κ1) is 20.9. The third-order valence-corrected chi connectivity index (χ3v) is 5.30. The van der Waals surface area contributed by atoms with Gasteiger partial charge in [0.1, 0.15) is 12.3 Å². The van der Waals surface area contributed by atoms with Crippen molar-refractivity contribution in [2.75, 3.05) is 14.2 Å². The van der Waals surface area contributed by atoms with E-state index in [1.54, 1.807) is 25.3 Å². The van der Waals surface area contributed by atoms with E-state index in [4.69, 9.17) is 18.6 Å². The number of rotatable bonds is 7. The van der Waals surface area contributed by atoms with Crippen LogP contribution in [0.3, 0.4) is 0 Å². The summed E-state index contributed by atoms with van der Waals surface area (Å²) in [5, 5.41) is 0. The summed E-state index contributed by atoms with van der Waals surface area (Å²) in [4.78, 5) is 4.28. The summed E-state index contributed by atoms with van der Waals surface area (Å²) in [6, 6.07) is 18.2. The monoisotopic (exact) mass is 483 g/mol. The van der Waals surface area contributed by atoms with E-state index in [0.29, 0.717) is 45.2 Å². The molecule has 0 N–H and O–H groups in total. The standard InChI is InChI=1S/C24H19BrFNO4/c1-28-20-9-8-16(11-19(20)26)22-23(31-14-27-22)17-10-18(25)24(21(12-17)29-2)30-13-15-6-4-3-5-7-15/h3-12,14H,13H2,1-2H3. The van der Waals surface area contributed by atoms with Crippen molar-refractivity contribution in [3.05, 3.63) is 82.9 Å². The maximum absolute atomic E-state index is 14.2. The summed E-state index contributed by atoms with van der Waals surface area (Å²) >= 11 is 3.57. The number of oxazole rings is 1. The van der Waals surface area contributed by atoms with E-state index >= 15 is 0 Å². The molecule has 1 heterocycles. The zero-order chi connectivity index (χ0) is 21.8. The van der Waals surface area contributed by atoms with Gasteiger partial charge in [-0.15, -0.1) is 0 Å². The fourth-order valence-electron chi connectivity index (χ4n) is 3.19. The maximum Gasteiger partial charge on any atom is 0.182 e. The Labute approximate surface area is 187 Å². The number of aromatic nitrogens is 1. The van der Waals surface area contributed by atoms with Gasteiger partial charge < -0.3 is 18.6 Å². The lowest BCUT2D eigenvalue weighted by Gasteiger charge is -2.14. The van der Waals surface area contributed by atoms with Crippen molar-refractivity contribution in [2.24, 2.45) is 0 Å². The van der Waals surface area contributed by atoms with Crippen molar-refractivity contribution >= 4 is 15.9 Å². The molecule has 0 atom stereocenters. The van der Waals surface area contributed by atoms with Gasteiger partial charge in [0, 0.05) is 11.1 Å². The van der Waals surface area contributed by atoms with Crippen LogP contribution in [0.15, 0.2) is 75.9 Å². The number of halogens is 2. The topological polar surface area (TPSA) is 53.7 Å². The van der Waals surface area contributed by atoms with Crippen LogP contribution in [0.4, 0.5) is 4.39 Å². The smallest absolute Gasteiger partial charge is 0.182 e. The van der Waals surface area contributed by atoms with E-state index in [1.165, 1.54) is 19.6 Å². The molecule has 1 aromatic heterocycles. The highest BCUT2D eigenvalue weighted by Crippen LogP contribution is 2.42. The lowest BCUT2D eigenvalue weighted by Crippen LogP contribution is -1.99. The molecule has 0 fully saturated rings. The van der Waals surface area contributed by atoms with Crippen LogP contribution in [0, 0.1) is 5.82 Å². The lowest BCUT2D eigenvalue weighted by atomic mass is 10.0. The molecule has 7 heteroatoms. The molecule has 0 amide bonds. The van der Waals surface area contributed by atoms with E-state index in [0.717, 1.165) is 5.56 Å². The quantitative estimate of drug-likeness (QED) is 0.300. The van der Waals surface area contributed by atoms with Crippen LogP contribution >= 0.6 is 15.9 Å². The molecule has 4 rings (SSSR count). The first-order chi connectivity index (χ1) is 15.1. The van der Waals surface area contributed by atoms with Crippen LogP contribution in [-0.2, 0) is 6.61 Å². The average Bonchev–Trinajstić information content (AvgIpc) is 3.28. The van der Waals surface area contributed by atoms with Crippen LogP contribution in [0.5, 0.6) is 17.2 Å². The molecule has 0 bridgehead atoms. The Kier molecular flexibility index (Phi) is 6.23. The summed E-state index contributed by atoms with van der Waals surface area (Å²) in [5.74, 6) is 1.28. The van der Waals surface area contributed by atoms with Crippen molar-refractivity contribution in [1.82, 2.24) is 4.98 Å². The molecule has 31 heavy (non-hydrogen) atoms. The molecule has 0 spiro atoms. The highest BCUT2D eigenvalue weighted by molar-refractivity contribution is 9.10. The van der Waals surface area contributed by atoms with Crippen LogP contribution in [0.1, 0.15) is 5.56 Å². The summed E-state index contributed by atoms with van der Waals surface area (Å²) in [7, 11) is 2.99. The third kappa shape index (κ3) is 4.41. The lowest BCUT2D eigenvalue weighted by molar-refractivity contribution is 0.282. The molecule has 5 nitrogen and oxygen atoms in total. The second-order valence-corrected chi connectivity index (χ2v) is 7.50. The average molecular weight is 484 g/mol. The van der Waals surface area contributed by atoms with Crippen LogP contribution < -0.4 is 14.2 Å². The van der Waals surface area contributed by atoms with Crippen molar-refractivity contribution in [1.29, 1.82) is 0 Å². The molecule has 3 aromatic carbocycles. The van der Waals surface area contributed by atoms with E-state index in [2.05, 4.69) is 20.9 Å². The first-order valence-electron chi connectivity index (χ1n) is 9.42. The molecule has 0 radical (unpaired) electrons. The van der Waals surface area contributed by atoms with Gasteiger partial charge in [0.05, 0.1) is 18.7 Å². The first-order valence-corrected chi connectivity index (χ1v) is 10.2. The summed E-state index contributed by atoms with van der Waals surface area (Å²) in [6.07, 6.45) is 1.33. The van der Waals surface area contributed by atoms with Gasteiger partial charge in [0.15, 0.2) is 35.2 Å². The molecule has 4 aromatic rings. The van der Waals surface area contributed by atoms with E-state index < -0.39 is 5.82 Å². The van der Waals surface area contributed by atoms with Crippen molar-refractivity contribution < 1.29 is 23.0 Å². The van der Waals surface area contributed by atoms with Gasteiger partial charge in [-0.3, -0.25) is 0 Å². The Balaban J connectivity index is 1.68. The summed E-state index contributed by atoms with van der Waals surface area (Å²) < 4.78 is 37.1. The zero-order valence-electron chi connectivity index (χ0n) is 16.9. The van der Waals surface area contributed by atoms with Gasteiger partial charge in [-0.1, -0.05) is 30.3 Å². The maximum atomic E-state index is 14.2. The van der Waals surface area contributed by atoms with Crippen molar-refractivity contribution in [2.45, 2.75) is 6.61 Å². The molecule has 0 aliphatic heterocycles. The number of benzene rings is 3. The normalized spacial score (nSPS) is 10.7. The number of methoxy groups -OCH3 is 2. The number of hydrogen-bond donors (Lipinski definition) is 0. The van der Waals surface area contributed by atoms with Gasteiger partial charge in [-0.25, -0.2) is 9.37 Å². The van der Waals surface area contributed by atoms with E-state index in [1.807, 2.05) is 36.4 Å². The summed E-state index contributed by atoms with van der Waals surface area (Å²) in [5.41, 5.74) is 2.83. The van der Waals surface area contributed by atoms with Crippen molar-refractivity contribution in [3.63, 3.8) is 0 Å². The minimum atomic E-state index is -0.475. The number of ether oxygens (including phenoxy) is 3. The number of hydrogen-bond acceptors (Lipinski definition) is 5. The fraction of sp³-hybridized carbons (Fsp3) is 0.125. The van der Waals surface area contributed by atoms with Gasteiger partial charge in [-0.2, -0.15) is 0 Å². The third-order valence-electron chi connectivity index (χ3n) is 4.71. The molecule has 0 saturated carbocycles.